The van der Waals surface area contributed by atoms with Crippen molar-refractivity contribution in [2.45, 2.75) is 452 Å². The van der Waals surface area contributed by atoms with Crippen molar-refractivity contribution < 1.29 is 104 Å². The Kier molecular flexibility index (Phi) is 54.6. The van der Waals surface area contributed by atoms with Gasteiger partial charge in [0.25, 0.3) is 5.79 Å². The minimum atomic E-state index is -3.08. The average molecular weight is 1480 g/mol. The lowest BCUT2D eigenvalue weighted by Gasteiger charge is -2.50. The molecule has 103 heavy (non-hydrogen) atoms. The Hall–Kier alpha value is -2.53. The third-order valence-electron chi connectivity index (χ3n) is 21.2. The molecule has 0 radical (unpaired) electrons. The third-order valence-corrected chi connectivity index (χ3v) is 21.2. The summed E-state index contributed by atoms with van der Waals surface area (Å²) in [6.07, 6.45) is 35.0. The Morgan fingerprint density at radius 3 is 1.31 bits per heavy atom. The molecule has 0 bridgehead atoms. The van der Waals surface area contributed by atoms with Crippen LogP contribution in [0.4, 0.5) is 0 Å². The lowest BCUT2D eigenvalue weighted by Crippen LogP contribution is -2.70. The van der Waals surface area contributed by atoms with Gasteiger partial charge in [0, 0.05) is 19.8 Å². The van der Waals surface area contributed by atoms with Gasteiger partial charge in [-0.05, 0) is 38.5 Å². The van der Waals surface area contributed by atoms with Crippen molar-refractivity contribution in [3.8, 4) is 0 Å². The zero-order valence-corrected chi connectivity index (χ0v) is 64.2. The number of carbonyl (C=O) groups is 3. The minimum absolute atomic E-state index is 0.227. The number of allylic oxidation sites excluding steroid dienone is 2. The first kappa shape index (κ1) is 94.7. The largest absolute Gasteiger partial charge is 0.477 e. The second-order valence-electron chi connectivity index (χ2n) is 30.3. The molecular formula is C80H150N2O21. The fourth-order valence-electron chi connectivity index (χ4n) is 14.7. The molecule has 23 heteroatoms. The zero-order chi connectivity index (χ0) is 75.3. The van der Waals surface area contributed by atoms with Crippen molar-refractivity contribution in [3.63, 3.8) is 0 Å². The van der Waals surface area contributed by atoms with Crippen LogP contribution in [-0.4, -0.2) is 215 Å². The summed E-state index contributed by atoms with van der Waals surface area (Å²) in [7, 11) is 0. The molecule has 3 fully saturated rings. The molecular weight excluding hydrogens is 1320 g/mol. The maximum atomic E-state index is 13.6. The van der Waals surface area contributed by atoms with Crippen LogP contribution < -0.4 is 10.6 Å². The van der Waals surface area contributed by atoms with Crippen LogP contribution >= 0.6 is 0 Å². The number of hydrogen-bond acceptors (Lipinski definition) is 20. The number of aliphatic hydroxyl groups excluding tert-OH is 11. The fraction of sp³-hybridized carbons (Fsp3) is 0.938. The zero-order valence-electron chi connectivity index (χ0n) is 64.2. The molecule has 606 valence electrons. The molecule has 0 aromatic rings. The van der Waals surface area contributed by atoms with Crippen LogP contribution in [0, 0.1) is 0 Å². The van der Waals surface area contributed by atoms with Crippen molar-refractivity contribution in [3.05, 3.63) is 12.2 Å². The highest BCUT2D eigenvalue weighted by atomic mass is 16.8. The van der Waals surface area contributed by atoms with Gasteiger partial charge in [-0.3, -0.25) is 9.59 Å². The number of nitrogens with one attached hydrogen (secondary N) is 2. The molecule has 3 saturated heterocycles. The molecule has 0 aliphatic carbocycles. The quantitative estimate of drug-likeness (QED) is 0.0199. The van der Waals surface area contributed by atoms with Crippen LogP contribution in [0.5, 0.6) is 0 Å². The van der Waals surface area contributed by atoms with E-state index < -0.39 is 148 Å². The van der Waals surface area contributed by atoms with Crippen molar-refractivity contribution in [1.29, 1.82) is 0 Å². The topological polar surface area (TPSA) is 373 Å². The first-order valence-corrected chi connectivity index (χ1v) is 41.5. The van der Waals surface area contributed by atoms with Gasteiger partial charge in [-0.25, -0.2) is 4.79 Å². The number of aliphatic hydroxyl groups is 11. The molecule has 14 N–H and O–H groups in total. The molecule has 0 saturated carbocycles. The summed E-state index contributed by atoms with van der Waals surface area (Å²) in [5.74, 6) is -6.09. The minimum Gasteiger partial charge on any atom is -0.477 e. The van der Waals surface area contributed by atoms with E-state index in [1.165, 1.54) is 238 Å². The van der Waals surface area contributed by atoms with E-state index in [4.69, 9.17) is 28.4 Å². The molecule has 3 rings (SSSR count). The molecule has 0 aromatic carbocycles. The van der Waals surface area contributed by atoms with Gasteiger partial charge in [0.2, 0.25) is 11.8 Å². The van der Waals surface area contributed by atoms with E-state index in [1.54, 1.807) is 0 Å². The van der Waals surface area contributed by atoms with Crippen LogP contribution in [-0.2, 0) is 42.8 Å². The Morgan fingerprint density at radius 1 is 0.495 bits per heavy atom. The van der Waals surface area contributed by atoms with Crippen LogP contribution in [0.15, 0.2) is 12.2 Å². The van der Waals surface area contributed by atoms with Gasteiger partial charge in [-0.15, -0.1) is 0 Å². The monoisotopic (exact) mass is 1480 g/mol. The number of carboxylic acid groups (broad SMARTS) is 1. The first-order chi connectivity index (χ1) is 49.9. The number of aliphatic carboxylic acids is 1. The summed E-state index contributed by atoms with van der Waals surface area (Å²) in [6, 6.07) is -2.53. The van der Waals surface area contributed by atoms with Gasteiger partial charge in [-0.2, -0.15) is 0 Å². The predicted molar refractivity (Wildman–Crippen MR) is 398 cm³/mol. The standard InChI is InChI=1S/C80H150N2O21/c1-4-6-8-10-12-14-16-18-20-22-23-24-25-26-27-28-29-30-31-32-33-34-35-36-38-40-42-44-46-48-50-52-54-67(90)82-61(62(87)53-51-49-47-45-43-41-39-37-21-19-17-15-13-11-9-7-5-2)59-98-77-72(94)71(93)74(66(58-85)100-77)101-78-73(95)76(70(92)65(57-84)99-78)103-80(79(96)97)55-63(88)68(81-60(3)86)75(102-80)69(91)64(89)56-83/h26-27,61-66,68-78,83-85,87-89,91-95H,4-25,28-59H2,1-3H3,(H,81,86)(H,82,90)(H,96,97)/b27-26-. The number of ether oxygens (including phenoxy) is 6. The second-order valence-corrected chi connectivity index (χ2v) is 30.3. The Labute approximate surface area is 620 Å². The molecule has 3 aliphatic rings. The SMILES string of the molecule is CCCCCCCCCCCCCC/C=C\CCCCCCCCCCCCCCCCCCC(=O)NC(COC1OC(CO)C(OC2OC(CO)C(O)C(OC3(C(=O)O)CC(O)C(NC(C)=O)C(C(O)C(O)CO)O3)C2O)C(O)C1O)C(O)CCCCCCCCCCCCCCCCCCC. The average Bonchev–Trinajstić information content (AvgIpc) is 0.754. The summed E-state index contributed by atoms with van der Waals surface area (Å²) in [6.45, 7) is 2.26. The highest BCUT2D eigenvalue weighted by Crippen LogP contribution is 2.39. The van der Waals surface area contributed by atoms with Crippen LogP contribution in [0.1, 0.15) is 342 Å². The summed E-state index contributed by atoms with van der Waals surface area (Å²) >= 11 is 0. The maximum absolute atomic E-state index is 13.6. The van der Waals surface area contributed by atoms with E-state index in [0.29, 0.717) is 19.3 Å². The van der Waals surface area contributed by atoms with E-state index in [0.717, 1.165) is 58.3 Å². The smallest absolute Gasteiger partial charge is 0.364 e. The summed E-state index contributed by atoms with van der Waals surface area (Å²) in [5, 5.41) is 137. The highest BCUT2D eigenvalue weighted by molar-refractivity contribution is 5.77. The Bertz CT molecular complexity index is 2100. The van der Waals surface area contributed by atoms with Gasteiger partial charge >= 0.3 is 5.97 Å². The summed E-state index contributed by atoms with van der Waals surface area (Å²) in [5.41, 5.74) is 0. The molecule has 18 atom stereocenters. The number of carboxylic acids is 1. The van der Waals surface area contributed by atoms with Gasteiger partial charge in [-0.1, -0.05) is 296 Å². The van der Waals surface area contributed by atoms with Crippen molar-refractivity contribution in [1.82, 2.24) is 10.6 Å². The number of unbranched alkanes of at least 4 members (excludes halogenated alkanes) is 44. The van der Waals surface area contributed by atoms with Crippen LogP contribution in [0.25, 0.3) is 0 Å². The fourth-order valence-corrected chi connectivity index (χ4v) is 14.7. The Morgan fingerprint density at radius 2 is 0.903 bits per heavy atom. The third kappa shape index (κ3) is 39.6. The highest BCUT2D eigenvalue weighted by Gasteiger charge is 2.60. The molecule has 3 aliphatic heterocycles. The van der Waals surface area contributed by atoms with Gasteiger partial charge in [0.05, 0.1) is 50.7 Å². The Balaban J connectivity index is 1.46. The van der Waals surface area contributed by atoms with E-state index in [1.807, 2.05) is 0 Å². The van der Waals surface area contributed by atoms with Crippen molar-refractivity contribution in [2.24, 2.45) is 0 Å². The molecule has 18 unspecified atom stereocenters. The van der Waals surface area contributed by atoms with Gasteiger partial charge in [0.1, 0.15) is 67.1 Å². The van der Waals surface area contributed by atoms with E-state index in [9.17, 15) is 75.7 Å². The lowest BCUT2D eigenvalue weighted by molar-refractivity contribution is -0.386. The van der Waals surface area contributed by atoms with Crippen LogP contribution in [0.3, 0.4) is 0 Å². The van der Waals surface area contributed by atoms with Gasteiger partial charge in [0.15, 0.2) is 12.6 Å². The molecule has 0 aromatic heterocycles. The lowest BCUT2D eigenvalue weighted by atomic mass is 9.88. The van der Waals surface area contributed by atoms with E-state index in [-0.39, 0.29) is 18.9 Å². The number of hydrogen-bond donors (Lipinski definition) is 14. The van der Waals surface area contributed by atoms with Gasteiger partial charge < -0.3 is 100 Å². The predicted octanol–water partition coefficient (Wildman–Crippen LogP) is 11.4. The normalized spacial score (nSPS) is 26.5. The first-order valence-electron chi connectivity index (χ1n) is 41.5. The molecule has 0 spiro atoms. The van der Waals surface area contributed by atoms with Crippen molar-refractivity contribution >= 4 is 17.8 Å². The number of rotatable bonds is 66. The second kappa shape index (κ2) is 59.4. The molecule has 23 nitrogen and oxygen atoms in total. The molecule has 2 amide bonds. The maximum Gasteiger partial charge on any atom is 0.364 e. The number of carbonyl (C=O) groups excluding carboxylic acids is 2. The van der Waals surface area contributed by atoms with Crippen LogP contribution in [0.2, 0.25) is 0 Å². The molecule has 3 heterocycles. The van der Waals surface area contributed by atoms with E-state index in [2.05, 4.69) is 36.6 Å². The summed E-state index contributed by atoms with van der Waals surface area (Å²) < 4.78 is 35.0. The summed E-state index contributed by atoms with van der Waals surface area (Å²) in [4.78, 5) is 38.7. The van der Waals surface area contributed by atoms with Crippen molar-refractivity contribution in [2.75, 3.05) is 26.4 Å². The number of amides is 2. The van der Waals surface area contributed by atoms with E-state index >= 15 is 0 Å².